The van der Waals surface area contributed by atoms with Crippen LogP contribution in [0.5, 0.6) is 0 Å². The number of likely N-dealkylation sites (tertiary alicyclic amines) is 1. The molecule has 1 aromatic rings. The molecule has 6 heteroatoms. The Morgan fingerprint density at radius 1 is 1.61 bits per heavy atom. The first-order valence-electron chi connectivity index (χ1n) is 5.90. The molecule has 2 heterocycles. The van der Waals surface area contributed by atoms with Crippen LogP contribution in [0.15, 0.2) is 12.1 Å². The summed E-state index contributed by atoms with van der Waals surface area (Å²) < 4.78 is 0.749. The van der Waals surface area contributed by atoms with Crippen molar-refractivity contribution in [1.29, 1.82) is 0 Å². The third kappa shape index (κ3) is 3.45. The summed E-state index contributed by atoms with van der Waals surface area (Å²) in [6.45, 7) is 2.90. The van der Waals surface area contributed by atoms with Gasteiger partial charge in [0.1, 0.15) is 0 Å². The van der Waals surface area contributed by atoms with Crippen LogP contribution in [0.2, 0.25) is 4.34 Å². The number of rotatable bonds is 5. The minimum atomic E-state index is 0.107. The molecule has 1 aliphatic heterocycles. The fraction of sp³-hybridized carbons (Fsp3) is 0.583. The number of hydrogen-bond donors (Lipinski definition) is 1. The molecular formula is C12H17ClN2O2S. The van der Waals surface area contributed by atoms with E-state index in [1.54, 1.807) is 11.9 Å². The van der Waals surface area contributed by atoms with Gasteiger partial charge in [-0.15, -0.1) is 11.3 Å². The number of hydrogen-bond acceptors (Lipinski definition) is 4. The Hall–Kier alpha value is -0.620. The lowest BCUT2D eigenvalue weighted by Crippen LogP contribution is -2.52. The summed E-state index contributed by atoms with van der Waals surface area (Å²) in [5.74, 6) is 0.454. The Balaban J connectivity index is 1.75. The Morgan fingerprint density at radius 2 is 2.33 bits per heavy atom. The van der Waals surface area contributed by atoms with Crippen molar-refractivity contribution in [2.45, 2.75) is 6.54 Å². The number of amides is 1. The molecule has 0 bridgehead atoms. The zero-order chi connectivity index (χ0) is 13.1. The van der Waals surface area contributed by atoms with Crippen LogP contribution in [0.1, 0.15) is 4.88 Å². The zero-order valence-corrected chi connectivity index (χ0v) is 11.9. The van der Waals surface area contributed by atoms with Crippen molar-refractivity contribution in [1.82, 2.24) is 9.80 Å². The molecule has 18 heavy (non-hydrogen) atoms. The Labute approximate surface area is 116 Å². The van der Waals surface area contributed by atoms with Crippen LogP contribution in [-0.2, 0) is 11.3 Å². The molecule has 0 unspecified atom stereocenters. The monoisotopic (exact) mass is 288 g/mol. The number of halogens is 1. The van der Waals surface area contributed by atoms with E-state index in [1.165, 1.54) is 11.3 Å². The van der Waals surface area contributed by atoms with Crippen molar-refractivity contribution in [2.24, 2.45) is 5.92 Å². The highest BCUT2D eigenvalue weighted by molar-refractivity contribution is 7.16. The summed E-state index contributed by atoms with van der Waals surface area (Å²) >= 11 is 7.36. The largest absolute Gasteiger partial charge is 0.396 e. The number of likely N-dealkylation sites (N-methyl/N-ethyl adjacent to an activating group) is 1. The summed E-state index contributed by atoms with van der Waals surface area (Å²) in [5, 5.41) is 8.91. The van der Waals surface area contributed by atoms with Gasteiger partial charge in [-0.2, -0.15) is 0 Å². The van der Waals surface area contributed by atoms with Gasteiger partial charge in [-0.1, -0.05) is 11.6 Å². The van der Waals surface area contributed by atoms with E-state index in [4.69, 9.17) is 16.7 Å². The molecular weight excluding hydrogens is 272 g/mol. The predicted octanol–water partition coefficient (Wildman–Crippen LogP) is 1.28. The van der Waals surface area contributed by atoms with Gasteiger partial charge in [0, 0.05) is 37.5 Å². The maximum absolute atomic E-state index is 11.9. The summed E-state index contributed by atoms with van der Waals surface area (Å²) in [7, 11) is 1.80. The average Bonchev–Trinajstić information content (AvgIpc) is 2.68. The number of aliphatic hydroxyl groups excluding tert-OH is 1. The van der Waals surface area contributed by atoms with Crippen molar-refractivity contribution in [3.05, 3.63) is 21.3 Å². The third-order valence-corrected chi connectivity index (χ3v) is 4.31. The molecule has 0 aromatic carbocycles. The number of carbonyl (C=O) groups excluding carboxylic acids is 1. The van der Waals surface area contributed by atoms with E-state index in [1.807, 2.05) is 12.1 Å². The molecule has 1 amide bonds. The van der Waals surface area contributed by atoms with Gasteiger partial charge in [-0.3, -0.25) is 9.69 Å². The Bertz CT molecular complexity index is 418. The zero-order valence-electron chi connectivity index (χ0n) is 10.3. The molecule has 0 aliphatic carbocycles. The molecule has 0 spiro atoms. The molecule has 2 rings (SSSR count). The van der Waals surface area contributed by atoms with Crippen LogP contribution >= 0.6 is 22.9 Å². The first-order valence-corrected chi connectivity index (χ1v) is 7.09. The van der Waals surface area contributed by atoms with E-state index in [0.717, 1.165) is 22.3 Å². The molecule has 1 N–H and O–H groups in total. The van der Waals surface area contributed by atoms with E-state index >= 15 is 0 Å². The molecule has 0 radical (unpaired) electrons. The van der Waals surface area contributed by atoms with E-state index < -0.39 is 0 Å². The van der Waals surface area contributed by atoms with Crippen LogP contribution in [0, 0.1) is 5.92 Å². The molecule has 0 saturated carbocycles. The van der Waals surface area contributed by atoms with Gasteiger partial charge < -0.3 is 10.0 Å². The first kappa shape index (κ1) is 13.8. The number of thiophene rings is 1. The molecule has 1 aromatic heterocycles. The highest BCUT2D eigenvalue weighted by Gasteiger charge is 2.28. The van der Waals surface area contributed by atoms with Gasteiger partial charge in [0.15, 0.2) is 0 Å². The third-order valence-electron chi connectivity index (χ3n) is 3.10. The molecule has 4 nitrogen and oxygen atoms in total. The first-order chi connectivity index (χ1) is 8.58. The Morgan fingerprint density at radius 3 is 2.89 bits per heavy atom. The highest BCUT2D eigenvalue weighted by atomic mass is 35.5. The topological polar surface area (TPSA) is 43.8 Å². The minimum absolute atomic E-state index is 0.107. The lowest BCUT2D eigenvalue weighted by Gasteiger charge is -2.38. The van der Waals surface area contributed by atoms with Crippen LogP contribution in [0.3, 0.4) is 0 Å². The molecule has 1 aliphatic rings. The average molecular weight is 289 g/mol. The van der Waals surface area contributed by atoms with Gasteiger partial charge in [-0.05, 0) is 12.1 Å². The van der Waals surface area contributed by atoms with Crippen LogP contribution < -0.4 is 0 Å². The van der Waals surface area contributed by atoms with E-state index in [0.29, 0.717) is 19.0 Å². The van der Waals surface area contributed by atoms with E-state index in [-0.39, 0.29) is 12.5 Å². The highest BCUT2D eigenvalue weighted by Crippen LogP contribution is 2.22. The minimum Gasteiger partial charge on any atom is -0.396 e. The molecule has 1 fully saturated rings. The van der Waals surface area contributed by atoms with E-state index in [2.05, 4.69) is 4.90 Å². The fourth-order valence-corrected chi connectivity index (χ4v) is 3.13. The fourth-order valence-electron chi connectivity index (χ4n) is 1.99. The second-order valence-corrected chi connectivity index (χ2v) is 6.50. The molecule has 100 valence electrons. The second kappa shape index (κ2) is 6.02. The van der Waals surface area contributed by atoms with Crippen molar-refractivity contribution in [3.8, 4) is 0 Å². The van der Waals surface area contributed by atoms with Gasteiger partial charge in [0.2, 0.25) is 5.91 Å². The summed E-state index contributed by atoms with van der Waals surface area (Å²) in [5.41, 5.74) is 0. The van der Waals surface area contributed by atoms with Gasteiger partial charge >= 0.3 is 0 Å². The number of carbonyl (C=O) groups is 1. The smallest absolute Gasteiger partial charge is 0.236 e. The van der Waals surface area contributed by atoms with Gasteiger partial charge in [-0.25, -0.2) is 0 Å². The van der Waals surface area contributed by atoms with Crippen molar-refractivity contribution >= 4 is 28.8 Å². The van der Waals surface area contributed by atoms with Crippen LogP contribution in [0.4, 0.5) is 0 Å². The maximum Gasteiger partial charge on any atom is 0.236 e. The SMILES string of the molecule is CN(Cc1ccc(Cl)s1)C(=O)CN1CC(CO)C1. The van der Waals surface area contributed by atoms with Crippen molar-refractivity contribution in [3.63, 3.8) is 0 Å². The number of aliphatic hydroxyl groups is 1. The Kier molecular flexibility index (Phi) is 4.61. The maximum atomic E-state index is 11.9. The van der Waals surface area contributed by atoms with Gasteiger partial charge in [0.25, 0.3) is 0 Å². The predicted molar refractivity (Wildman–Crippen MR) is 72.8 cm³/mol. The lowest BCUT2D eigenvalue weighted by atomic mass is 10.0. The quantitative estimate of drug-likeness (QED) is 0.888. The second-order valence-electron chi connectivity index (χ2n) is 4.70. The summed E-state index contributed by atoms with van der Waals surface area (Å²) in [6, 6.07) is 3.79. The van der Waals surface area contributed by atoms with Crippen molar-refractivity contribution < 1.29 is 9.90 Å². The van der Waals surface area contributed by atoms with Gasteiger partial charge in [0.05, 0.1) is 17.4 Å². The summed E-state index contributed by atoms with van der Waals surface area (Å²) in [6.07, 6.45) is 0. The standard InChI is InChI=1S/C12H17ClN2O2S/c1-14(6-10-2-3-11(13)18-10)12(17)7-15-4-9(5-15)8-16/h2-3,9,16H,4-8H2,1H3. The number of nitrogens with zero attached hydrogens (tertiary/aromatic N) is 2. The van der Waals surface area contributed by atoms with Crippen LogP contribution in [0.25, 0.3) is 0 Å². The van der Waals surface area contributed by atoms with Crippen LogP contribution in [-0.4, -0.2) is 54.1 Å². The molecule has 1 saturated heterocycles. The van der Waals surface area contributed by atoms with E-state index in [9.17, 15) is 4.79 Å². The lowest BCUT2D eigenvalue weighted by molar-refractivity contribution is -0.133. The normalized spacial score (nSPS) is 16.6. The van der Waals surface area contributed by atoms with Crippen molar-refractivity contribution in [2.75, 3.05) is 33.3 Å². The summed E-state index contributed by atoms with van der Waals surface area (Å²) in [4.78, 5) is 16.8. The molecule has 0 atom stereocenters.